The van der Waals surface area contributed by atoms with Crippen LogP contribution in [0.1, 0.15) is 19.8 Å². The second-order valence-electron chi connectivity index (χ2n) is 10.1. The Morgan fingerprint density at radius 3 is 1.47 bits per heavy atom. The van der Waals surface area contributed by atoms with Gasteiger partial charge in [0.05, 0.1) is 0 Å². The molecule has 0 spiro atoms. The van der Waals surface area contributed by atoms with Crippen molar-refractivity contribution in [2.75, 3.05) is 18.6 Å². The van der Waals surface area contributed by atoms with E-state index in [1.165, 1.54) is 40.0 Å². The minimum absolute atomic E-state index is 0.224. The van der Waals surface area contributed by atoms with Crippen LogP contribution < -0.4 is 4.74 Å². The lowest BCUT2D eigenvalue weighted by atomic mass is 9.91. The van der Waals surface area contributed by atoms with Gasteiger partial charge in [-0.1, -0.05) is 18.2 Å². The molecule has 2 aromatic carbocycles. The van der Waals surface area contributed by atoms with E-state index in [2.05, 4.69) is 36.4 Å². The lowest BCUT2D eigenvalue weighted by Gasteiger charge is -2.42. The fourth-order valence-corrected chi connectivity index (χ4v) is 6.95. The van der Waals surface area contributed by atoms with E-state index in [0.29, 0.717) is 10.9 Å². The van der Waals surface area contributed by atoms with Gasteiger partial charge >= 0.3 is 47.0 Å². The lowest BCUT2D eigenvalue weighted by molar-refractivity contribution is -0.458. The first kappa shape index (κ1) is 42.7. The Labute approximate surface area is 267 Å². The molecule has 0 N–H and O–H groups in total. The highest BCUT2D eigenvalue weighted by Crippen LogP contribution is 2.64. The minimum atomic E-state index is -8.92. The van der Waals surface area contributed by atoms with Gasteiger partial charge in [0.2, 0.25) is 0 Å². The summed E-state index contributed by atoms with van der Waals surface area (Å²) in [6.07, 6.45) is -5.37. The number of hydrogen-bond acceptors (Lipinski definition) is 5. The smallest absolute Gasteiger partial charge is 0.460 e. The van der Waals surface area contributed by atoms with Gasteiger partial charge in [0, 0.05) is 28.8 Å². The number of ether oxygens (including phenoxy) is 2. The Hall–Kier alpha value is -2.47. The fraction of sp³-hybridized carbons (Fsp3) is 0.600. The summed E-state index contributed by atoms with van der Waals surface area (Å²) in [5.74, 6) is -48.5. The molecule has 5 nitrogen and oxygen atoms in total. The third kappa shape index (κ3) is 7.06. The van der Waals surface area contributed by atoms with Gasteiger partial charge in [0.25, 0.3) is 0 Å². The molecule has 1 aliphatic rings. The van der Waals surface area contributed by atoms with Crippen molar-refractivity contribution < 1.29 is 97.1 Å². The molecule has 0 saturated carbocycles. The van der Waals surface area contributed by atoms with Crippen LogP contribution in [-0.2, 0) is 25.7 Å². The number of methoxy groups -OCH3 is 1. The molecule has 49 heavy (non-hydrogen) atoms. The van der Waals surface area contributed by atoms with Crippen molar-refractivity contribution in [3.63, 3.8) is 0 Å². The van der Waals surface area contributed by atoms with Crippen molar-refractivity contribution in [2.24, 2.45) is 0 Å². The predicted molar refractivity (Wildman–Crippen MR) is 136 cm³/mol. The van der Waals surface area contributed by atoms with Crippen LogP contribution >= 0.6 is 0 Å². The molecule has 1 atom stereocenters. The van der Waals surface area contributed by atoms with E-state index >= 15 is 0 Å². The van der Waals surface area contributed by atoms with Crippen molar-refractivity contribution in [2.45, 2.75) is 77.9 Å². The zero-order valence-corrected chi connectivity index (χ0v) is 25.8. The third-order valence-corrected chi connectivity index (χ3v) is 10.2. The van der Waals surface area contributed by atoms with Crippen LogP contribution in [0.2, 0.25) is 0 Å². The molecular formula is C25H21F17O5S2. The second kappa shape index (κ2) is 13.6. The van der Waals surface area contributed by atoms with Crippen molar-refractivity contribution in [1.82, 2.24) is 0 Å². The number of alkyl halides is 17. The van der Waals surface area contributed by atoms with Crippen molar-refractivity contribution >= 4 is 31.8 Å². The van der Waals surface area contributed by atoms with Crippen molar-refractivity contribution in [3.05, 3.63) is 36.4 Å². The number of benzene rings is 2. The molecule has 0 aromatic heterocycles. The average Bonchev–Trinajstić information content (AvgIpc) is 3.50. The molecule has 3 rings (SSSR count). The van der Waals surface area contributed by atoms with Gasteiger partial charge < -0.3 is 14.0 Å². The van der Waals surface area contributed by atoms with Crippen LogP contribution in [0.4, 0.5) is 74.6 Å². The molecule has 282 valence electrons. The zero-order chi connectivity index (χ0) is 38.4. The molecule has 1 heterocycles. The van der Waals surface area contributed by atoms with Gasteiger partial charge in [0.15, 0.2) is 21.3 Å². The van der Waals surface area contributed by atoms with Gasteiger partial charge in [-0.25, -0.2) is 8.42 Å². The van der Waals surface area contributed by atoms with Crippen LogP contribution in [0.5, 0.6) is 5.75 Å². The largest absolute Gasteiger partial charge is 0.743 e. The van der Waals surface area contributed by atoms with Crippen molar-refractivity contribution in [1.29, 1.82) is 0 Å². The summed E-state index contributed by atoms with van der Waals surface area (Å²) in [5.41, 5.74) is 0. The van der Waals surface area contributed by atoms with E-state index in [1.807, 2.05) is 6.92 Å². The molecule has 0 bridgehead atoms. The standard InChI is InChI=1S/C17H21O2S.C8HF17O3S/c1-13(18-2)19-16-9-10-17(20-11-5-6-12-20)15-8-4-3-7-14(15)16;9-1(10,3(13,14)5(17,18)7(21,22)23)2(11,12)4(15,16)6(19,20)8(24,25)29(26,27)28/h3-4,7-10,13H,5-6,11-12H2,1-2H3;(H,26,27,28)/q+1;/p-1. The molecular weight excluding hydrogens is 767 g/mol. The predicted octanol–water partition coefficient (Wildman–Crippen LogP) is 8.48. The van der Waals surface area contributed by atoms with E-state index < -0.39 is 57.1 Å². The highest BCUT2D eigenvalue weighted by atomic mass is 32.2. The number of hydrogen-bond donors (Lipinski definition) is 0. The van der Waals surface area contributed by atoms with Crippen LogP contribution in [0, 0.1) is 0 Å². The minimum Gasteiger partial charge on any atom is -0.743 e. The Morgan fingerprint density at radius 2 is 1.06 bits per heavy atom. The molecule has 0 amide bonds. The third-order valence-electron chi connectivity index (χ3n) is 6.82. The van der Waals surface area contributed by atoms with Gasteiger partial charge in [-0.15, -0.1) is 0 Å². The van der Waals surface area contributed by atoms with Gasteiger partial charge in [-0.2, -0.15) is 74.6 Å². The van der Waals surface area contributed by atoms with Crippen LogP contribution in [0.25, 0.3) is 10.8 Å². The molecule has 0 aliphatic carbocycles. The highest BCUT2D eigenvalue weighted by molar-refractivity contribution is 7.97. The fourth-order valence-electron chi connectivity index (χ4n) is 4.01. The summed E-state index contributed by atoms with van der Waals surface area (Å²) in [6.45, 7) is 1.92. The number of halogens is 17. The van der Waals surface area contributed by atoms with E-state index in [-0.39, 0.29) is 6.29 Å². The summed E-state index contributed by atoms with van der Waals surface area (Å²) in [7, 11) is -6.05. The molecule has 2 aromatic rings. The molecule has 0 radical (unpaired) electrons. The monoisotopic (exact) mass is 788 g/mol. The van der Waals surface area contributed by atoms with Gasteiger partial charge in [-0.05, 0) is 38.0 Å². The SMILES string of the molecule is COC(C)Oc1ccc([S+]2CCCC2)c2ccccc12.O=S(=O)([O-])C(F)(F)C(F)(F)C(F)(F)C(F)(F)C(F)(F)C(F)(F)C(F)(F)C(F)(F)F. The van der Waals surface area contributed by atoms with Crippen molar-refractivity contribution in [3.8, 4) is 5.75 Å². The Kier molecular flexibility index (Phi) is 11.8. The second-order valence-corrected chi connectivity index (χ2v) is 13.7. The van der Waals surface area contributed by atoms with Crippen LogP contribution in [-0.4, -0.2) is 84.8 Å². The average molecular weight is 789 g/mol. The normalized spacial score (nSPS) is 17.1. The molecule has 1 unspecified atom stereocenters. The Bertz CT molecular complexity index is 1570. The Balaban J connectivity index is 0.000000360. The number of rotatable bonds is 11. The summed E-state index contributed by atoms with van der Waals surface area (Å²) in [4.78, 5) is 1.51. The molecule has 1 fully saturated rings. The maximum absolute atomic E-state index is 13.0. The summed E-state index contributed by atoms with van der Waals surface area (Å²) < 4.78 is 255. The van der Waals surface area contributed by atoms with Gasteiger partial charge in [-0.3, -0.25) is 0 Å². The first-order valence-corrected chi connectivity index (χ1v) is 15.8. The van der Waals surface area contributed by atoms with Gasteiger partial charge in [0.1, 0.15) is 17.3 Å². The van der Waals surface area contributed by atoms with E-state index in [9.17, 15) is 87.6 Å². The molecule has 24 heteroatoms. The zero-order valence-electron chi connectivity index (χ0n) is 24.2. The van der Waals surface area contributed by atoms with E-state index in [4.69, 9.17) is 9.47 Å². The summed E-state index contributed by atoms with van der Waals surface area (Å²) in [5, 5.41) is -5.41. The first-order valence-electron chi connectivity index (χ1n) is 12.8. The summed E-state index contributed by atoms with van der Waals surface area (Å²) in [6, 6.07) is 12.9. The number of fused-ring (bicyclic) bond motifs is 1. The Morgan fingerprint density at radius 1 is 0.653 bits per heavy atom. The summed E-state index contributed by atoms with van der Waals surface area (Å²) >= 11 is 0. The molecule has 1 saturated heterocycles. The van der Waals surface area contributed by atoms with E-state index in [1.54, 1.807) is 7.11 Å². The van der Waals surface area contributed by atoms with Crippen LogP contribution in [0.15, 0.2) is 41.3 Å². The lowest BCUT2D eigenvalue weighted by Crippen LogP contribution is -2.75. The first-order chi connectivity index (χ1) is 21.8. The quantitative estimate of drug-likeness (QED) is 0.0989. The van der Waals surface area contributed by atoms with E-state index in [0.717, 1.165) is 5.75 Å². The highest BCUT2D eigenvalue weighted by Gasteiger charge is 2.95. The van der Waals surface area contributed by atoms with Crippen LogP contribution in [0.3, 0.4) is 0 Å². The molecule has 1 aliphatic heterocycles. The maximum atomic E-state index is 13.0. The maximum Gasteiger partial charge on any atom is 0.460 e. The topological polar surface area (TPSA) is 75.7 Å².